The summed E-state index contributed by atoms with van der Waals surface area (Å²) >= 11 is 0. The Hall–Kier alpha value is -0.860. The quantitative estimate of drug-likeness (QED) is 0.819. The van der Waals surface area contributed by atoms with Gasteiger partial charge in [0.25, 0.3) is 0 Å². The summed E-state index contributed by atoms with van der Waals surface area (Å²) in [7, 11) is 0. The molecule has 0 amide bonds. The van der Waals surface area contributed by atoms with Crippen LogP contribution in [0.15, 0.2) is 12.1 Å². The van der Waals surface area contributed by atoms with E-state index in [9.17, 15) is 5.11 Å². The monoisotopic (exact) mass is 233 g/mol. The third-order valence-corrected chi connectivity index (χ3v) is 4.28. The third-order valence-electron chi connectivity index (χ3n) is 4.28. The second kappa shape index (κ2) is 4.79. The minimum atomic E-state index is 0.202. The molecule has 17 heavy (non-hydrogen) atoms. The van der Waals surface area contributed by atoms with Gasteiger partial charge in [0, 0.05) is 25.1 Å². The summed E-state index contributed by atoms with van der Waals surface area (Å²) in [5.74, 6) is 0. The Morgan fingerprint density at radius 3 is 2.47 bits per heavy atom. The lowest BCUT2D eigenvalue weighted by Crippen LogP contribution is -2.26. The van der Waals surface area contributed by atoms with Crippen molar-refractivity contribution in [1.29, 1.82) is 0 Å². The van der Waals surface area contributed by atoms with Crippen LogP contribution in [0, 0.1) is 26.2 Å². The molecule has 1 aromatic carbocycles. The fourth-order valence-electron chi connectivity index (χ4n) is 2.23. The molecule has 2 heteroatoms. The molecule has 2 rings (SSSR count). The van der Waals surface area contributed by atoms with Crippen molar-refractivity contribution < 1.29 is 5.11 Å². The summed E-state index contributed by atoms with van der Waals surface area (Å²) in [5, 5.41) is 12.7. The van der Waals surface area contributed by atoms with E-state index in [1.807, 2.05) is 0 Å². The molecule has 0 radical (unpaired) electrons. The van der Waals surface area contributed by atoms with Crippen molar-refractivity contribution in [1.82, 2.24) is 5.32 Å². The van der Waals surface area contributed by atoms with Crippen LogP contribution in [0.2, 0.25) is 0 Å². The van der Waals surface area contributed by atoms with E-state index in [0.29, 0.717) is 6.61 Å². The molecule has 1 saturated carbocycles. The van der Waals surface area contributed by atoms with Crippen LogP contribution < -0.4 is 5.32 Å². The number of nitrogens with one attached hydrogen (secondary N) is 1. The van der Waals surface area contributed by atoms with Gasteiger partial charge in [-0.25, -0.2) is 0 Å². The van der Waals surface area contributed by atoms with Gasteiger partial charge in [-0.15, -0.1) is 0 Å². The van der Waals surface area contributed by atoms with Gasteiger partial charge in [0.1, 0.15) is 0 Å². The molecule has 94 valence electrons. The first kappa shape index (κ1) is 12.6. The molecular weight excluding hydrogens is 210 g/mol. The van der Waals surface area contributed by atoms with E-state index in [0.717, 1.165) is 13.1 Å². The Morgan fingerprint density at radius 1 is 1.18 bits per heavy atom. The van der Waals surface area contributed by atoms with E-state index in [1.54, 1.807) is 0 Å². The Bertz CT molecular complexity index is 408. The van der Waals surface area contributed by atoms with Gasteiger partial charge in [-0.3, -0.25) is 0 Å². The topological polar surface area (TPSA) is 32.3 Å². The predicted molar refractivity (Wildman–Crippen MR) is 71.1 cm³/mol. The maximum Gasteiger partial charge on any atom is 0.0499 e. The molecule has 0 aromatic heterocycles. The van der Waals surface area contributed by atoms with Gasteiger partial charge < -0.3 is 10.4 Å². The summed E-state index contributed by atoms with van der Waals surface area (Å²) in [6.45, 7) is 8.71. The number of rotatable bonds is 5. The average molecular weight is 233 g/mol. The standard InChI is InChI=1S/C15H23NO/c1-11-4-5-14(13(3)12(11)2)8-16-9-15(10-17)6-7-15/h4-5,16-17H,6-10H2,1-3H3. The van der Waals surface area contributed by atoms with Crippen LogP contribution in [0.3, 0.4) is 0 Å². The molecule has 2 N–H and O–H groups in total. The normalized spacial score (nSPS) is 17.2. The van der Waals surface area contributed by atoms with Gasteiger partial charge in [0.2, 0.25) is 0 Å². The van der Waals surface area contributed by atoms with Gasteiger partial charge in [0.05, 0.1) is 0 Å². The van der Waals surface area contributed by atoms with Gasteiger partial charge in [-0.05, 0) is 55.9 Å². The minimum Gasteiger partial charge on any atom is -0.396 e. The van der Waals surface area contributed by atoms with Crippen LogP contribution in [0.1, 0.15) is 35.1 Å². The molecule has 0 saturated heterocycles. The van der Waals surface area contributed by atoms with Crippen molar-refractivity contribution in [2.24, 2.45) is 5.41 Å². The van der Waals surface area contributed by atoms with Crippen molar-refractivity contribution in [3.05, 3.63) is 34.4 Å². The summed E-state index contributed by atoms with van der Waals surface area (Å²) in [5.41, 5.74) is 5.73. The summed E-state index contributed by atoms with van der Waals surface area (Å²) < 4.78 is 0. The second-order valence-corrected chi connectivity index (χ2v) is 5.55. The highest BCUT2D eigenvalue weighted by molar-refractivity contribution is 5.38. The first-order valence-electron chi connectivity index (χ1n) is 6.45. The number of benzene rings is 1. The highest BCUT2D eigenvalue weighted by Crippen LogP contribution is 2.44. The lowest BCUT2D eigenvalue weighted by atomic mass is 9.98. The maximum atomic E-state index is 9.25. The maximum absolute atomic E-state index is 9.25. The second-order valence-electron chi connectivity index (χ2n) is 5.55. The summed E-state index contributed by atoms with van der Waals surface area (Å²) in [6.07, 6.45) is 2.34. The van der Waals surface area contributed by atoms with E-state index >= 15 is 0 Å². The zero-order chi connectivity index (χ0) is 12.5. The zero-order valence-corrected chi connectivity index (χ0v) is 11.1. The molecule has 0 atom stereocenters. The molecule has 0 aliphatic heterocycles. The largest absolute Gasteiger partial charge is 0.396 e. The number of aliphatic hydroxyl groups excluding tert-OH is 1. The lowest BCUT2D eigenvalue weighted by Gasteiger charge is -2.15. The Morgan fingerprint density at radius 2 is 1.88 bits per heavy atom. The minimum absolute atomic E-state index is 0.202. The number of aryl methyl sites for hydroxylation is 1. The molecule has 0 heterocycles. The lowest BCUT2D eigenvalue weighted by molar-refractivity contribution is 0.207. The molecule has 0 spiro atoms. The van der Waals surface area contributed by atoms with E-state index < -0.39 is 0 Å². The van der Waals surface area contributed by atoms with E-state index in [4.69, 9.17) is 0 Å². The Balaban J connectivity index is 1.93. The highest BCUT2D eigenvalue weighted by Gasteiger charge is 2.41. The smallest absolute Gasteiger partial charge is 0.0499 e. The van der Waals surface area contributed by atoms with E-state index in [-0.39, 0.29) is 5.41 Å². The van der Waals surface area contributed by atoms with Crippen LogP contribution in [0.4, 0.5) is 0 Å². The average Bonchev–Trinajstić information content (AvgIpc) is 3.10. The molecule has 1 aliphatic carbocycles. The first-order valence-corrected chi connectivity index (χ1v) is 6.45. The van der Waals surface area contributed by atoms with Gasteiger partial charge in [-0.2, -0.15) is 0 Å². The zero-order valence-electron chi connectivity index (χ0n) is 11.1. The fraction of sp³-hybridized carbons (Fsp3) is 0.600. The number of aliphatic hydroxyl groups is 1. The third kappa shape index (κ3) is 2.70. The van der Waals surface area contributed by atoms with Gasteiger partial charge in [0.15, 0.2) is 0 Å². The Kier molecular flexibility index (Phi) is 3.55. The van der Waals surface area contributed by atoms with Crippen molar-refractivity contribution >= 4 is 0 Å². The van der Waals surface area contributed by atoms with Gasteiger partial charge in [-0.1, -0.05) is 12.1 Å². The highest BCUT2D eigenvalue weighted by atomic mass is 16.3. The van der Waals surface area contributed by atoms with Crippen LogP contribution in [-0.4, -0.2) is 18.3 Å². The fourth-order valence-corrected chi connectivity index (χ4v) is 2.23. The molecule has 2 nitrogen and oxygen atoms in total. The van der Waals surface area contributed by atoms with Gasteiger partial charge >= 0.3 is 0 Å². The van der Waals surface area contributed by atoms with Crippen LogP contribution in [0.5, 0.6) is 0 Å². The number of hydrogen-bond acceptors (Lipinski definition) is 2. The van der Waals surface area contributed by atoms with E-state index in [2.05, 4.69) is 38.2 Å². The van der Waals surface area contributed by atoms with Crippen molar-refractivity contribution in [3.63, 3.8) is 0 Å². The van der Waals surface area contributed by atoms with Crippen molar-refractivity contribution in [2.45, 2.75) is 40.2 Å². The predicted octanol–water partition coefficient (Wildman–Crippen LogP) is 2.47. The summed E-state index contributed by atoms with van der Waals surface area (Å²) in [6, 6.07) is 4.40. The van der Waals surface area contributed by atoms with Crippen molar-refractivity contribution in [2.75, 3.05) is 13.2 Å². The molecule has 0 bridgehead atoms. The molecule has 0 unspecified atom stereocenters. The SMILES string of the molecule is Cc1ccc(CNCC2(CO)CC2)c(C)c1C. The Labute approximate surface area is 104 Å². The molecule has 1 aromatic rings. The van der Waals surface area contributed by atoms with Crippen LogP contribution in [0.25, 0.3) is 0 Å². The van der Waals surface area contributed by atoms with Crippen LogP contribution >= 0.6 is 0 Å². The van der Waals surface area contributed by atoms with Crippen LogP contribution in [-0.2, 0) is 6.54 Å². The summed E-state index contributed by atoms with van der Waals surface area (Å²) in [4.78, 5) is 0. The molecular formula is C15H23NO. The first-order chi connectivity index (χ1) is 8.08. The van der Waals surface area contributed by atoms with Crippen molar-refractivity contribution in [3.8, 4) is 0 Å². The molecule has 1 fully saturated rings. The van der Waals surface area contributed by atoms with E-state index in [1.165, 1.54) is 35.1 Å². The number of hydrogen-bond donors (Lipinski definition) is 2. The molecule has 1 aliphatic rings.